The maximum Gasteiger partial charge on any atom is 0.243 e. The molecule has 158 valence electrons. The summed E-state index contributed by atoms with van der Waals surface area (Å²) in [6.45, 7) is 6.78. The van der Waals surface area contributed by atoms with Crippen molar-refractivity contribution in [3.63, 3.8) is 0 Å². The summed E-state index contributed by atoms with van der Waals surface area (Å²) >= 11 is 1.21. The van der Waals surface area contributed by atoms with Crippen molar-refractivity contribution >= 4 is 33.4 Å². The number of sulfonamides is 1. The SMILES string of the molecule is Cc1nc(SCC(=O)Nc2ccc(S(=O)(=O)N3CCCC3)cc2)c(C#N)c(C)c1C. The normalized spacial score (nSPS) is 14.5. The van der Waals surface area contributed by atoms with Crippen LogP contribution in [0.5, 0.6) is 0 Å². The fraction of sp³-hybridized carbons (Fsp3) is 0.381. The maximum atomic E-state index is 12.6. The third-order valence-corrected chi connectivity index (χ3v) is 8.14. The van der Waals surface area contributed by atoms with Crippen LogP contribution in [0.2, 0.25) is 0 Å². The lowest BCUT2D eigenvalue weighted by atomic mass is 10.1. The Hall–Kier alpha value is -2.41. The number of benzene rings is 1. The van der Waals surface area contributed by atoms with Crippen LogP contribution >= 0.6 is 11.8 Å². The van der Waals surface area contributed by atoms with Gasteiger partial charge in [0.1, 0.15) is 11.1 Å². The number of hydrogen-bond donors (Lipinski definition) is 1. The summed E-state index contributed by atoms with van der Waals surface area (Å²) < 4.78 is 26.6. The van der Waals surface area contributed by atoms with E-state index in [0.717, 1.165) is 29.7 Å². The van der Waals surface area contributed by atoms with E-state index >= 15 is 0 Å². The van der Waals surface area contributed by atoms with Crippen molar-refractivity contribution in [2.24, 2.45) is 0 Å². The van der Waals surface area contributed by atoms with Gasteiger partial charge in [0, 0.05) is 24.5 Å². The van der Waals surface area contributed by atoms with Gasteiger partial charge in [-0.15, -0.1) is 0 Å². The van der Waals surface area contributed by atoms with E-state index in [1.807, 2.05) is 20.8 Å². The number of aromatic nitrogens is 1. The molecule has 30 heavy (non-hydrogen) atoms. The summed E-state index contributed by atoms with van der Waals surface area (Å²) in [7, 11) is -3.47. The van der Waals surface area contributed by atoms with Crippen molar-refractivity contribution in [2.75, 3.05) is 24.2 Å². The number of carbonyl (C=O) groups excluding carboxylic acids is 1. The zero-order valence-corrected chi connectivity index (χ0v) is 18.9. The summed E-state index contributed by atoms with van der Waals surface area (Å²) in [5.41, 5.74) is 3.70. The maximum absolute atomic E-state index is 12.6. The van der Waals surface area contributed by atoms with Crippen molar-refractivity contribution in [2.45, 2.75) is 43.5 Å². The number of nitrogens with zero attached hydrogens (tertiary/aromatic N) is 3. The minimum Gasteiger partial charge on any atom is -0.325 e. The third kappa shape index (κ3) is 4.67. The summed E-state index contributed by atoms with van der Waals surface area (Å²) in [5.74, 6) is -0.158. The molecule has 2 heterocycles. The van der Waals surface area contributed by atoms with E-state index in [0.29, 0.717) is 29.4 Å². The molecule has 0 aliphatic carbocycles. The fourth-order valence-corrected chi connectivity index (χ4v) is 5.67. The molecule has 1 aliphatic rings. The lowest BCUT2D eigenvalue weighted by Crippen LogP contribution is -2.27. The van der Waals surface area contributed by atoms with Gasteiger partial charge in [-0.3, -0.25) is 4.79 Å². The number of thioether (sulfide) groups is 1. The van der Waals surface area contributed by atoms with Crippen molar-refractivity contribution in [3.8, 4) is 6.07 Å². The lowest BCUT2D eigenvalue weighted by Gasteiger charge is -2.15. The molecule has 0 unspecified atom stereocenters. The molecule has 1 saturated heterocycles. The number of amides is 1. The van der Waals surface area contributed by atoms with Gasteiger partial charge in [-0.2, -0.15) is 9.57 Å². The Morgan fingerprint density at radius 3 is 2.40 bits per heavy atom. The Morgan fingerprint density at radius 2 is 1.80 bits per heavy atom. The first-order valence-corrected chi connectivity index (χ1v) is 12.1. The van der Waals surface area contributed by atoms with Crippen LogP contribution in [0.3, 0.4) is 0 Å². The Bertz CT molecular complexity index is 1100. The zero-order valence-electron chi connectivity index (χ0n) is 17.2. The second kappa shape index (κ2) is 9.16. The van der Waals surface area contributed by atoms with Crippen molar-refractivity contribution in [1.29, 1.82) is 5.26 Å². The highest BCUT2D eigenvalue weighted by Crippen LogP contribution is 2.27. The highest BCUT2D eigenvalue weighted by molar-refractivity contribution is 8.00. The van der Waals surface area contributed by atoms with Crippen LogP contribution in [0.4, 0.5) is 5.69 Å². The average molecular weight is 445 g/mol. The largest absolute Gasteiger partial charge is 0.325 e. The summed E-state index contributed by atoms with van der Waals surface area (Å²) in [6, 6.07) is 8.37. The first-order valence-electron chi connectivity index (χ1n) is 9.65. The predicted octanol–water partition coefficient (Wildman–Crippen LogP) is 3.39. The van der Waals surface area contributed by atoms with Crippen molar-refractivity contribution in [3.05, 3.63) is 46.6 Å². The lowest BCUT2D eigenvalue weighted by molar-refractivity contribution is -0.113. The molecule has 0 atom stereocenters. The number of anilines is 1. The number of nitriles is 1. The molecular weight excluding hydrogens is 420 g/mol. The molecule has 1 N–H and O–H groups in total. The van der Waals surface area contributed by atoms with E-state index < -0.39 is 10.0 Å². The molecule has 2 aromatic rings. The second-order valence-electron chi connectivity index (χ2n) is 7.21. The van der Waals surface area contributed by atoms with E-state index in [1.165, 1.54) is 28.2 Å². The Labute approximate surface area is 181 Å². The number of carbonyl (C=O) groups is 1. The van der Waals surface area contributed by atoms with Gasteiger partial charge >= 0.3 is 0 Å². The van der Waals surface area contributed by atoms with Crippen LogP contribution in [0.1, 0.15) is 35.2 Å². The monoisotopic (exact) mass is 444 g/mol. The van der Waals surface area contributed by atoms with Crippen LogP contribution < -0.4 is 5.32 Å². The van der Waals surface area contributed by atoms with Crippen LogP contribution in [0, 0.1) is 32.1 Å². The van der Waals surface area contributed by atoms with Gasteiger partial charge in [0.05, 0.1) is 16.2 Å². The van der Waals surface area contributed by atoms with Gasteiger partial charge in [0.15, 0.2) is 0 Å². The van der Waals surface area contributed by atoms with Crippen molar-refractivity contribution < 1.29 is 13.2 Å². The molecule has 0 radical (unpaired) electrons. The molecule has 7 nitrogen and oxygen atoms in total. The molecule has 1 aromatic heterocycles. The van der Waals surface area contributed by atoms with Crippen molar-refractivity contribution in [1.82, 2.24) is 9.29 Å². The van der Waals surface area contributed by atoms with Crippen LogP contribution in [-0.2, 0) is 14.8 Å². The molecule has 9 heteroatoms. The first-order chi connectivity index (χ1) is 14.2. The van der Waals surface area contributed by atoms with Crippen LogP contribution in [-0.4, -0.2) is 42.5 Å². The highest BCUT2D eigenvalue weighted by Gasteiger charge is 2.27. The minimum absolute atomic E-state index is 0.0947. The molecule has 1 aromatic carbocycles. The molecule has 1 amide bonds. The second-order valence-corrected chi connectivity index (χ2v) is 10.1. The fourth-order valence-electron chi connectivity index (χ4n) is 3.27. The van der Waals surface area contributed by atoms with Gasteiger partial charge < -0.3 is 5.32 Å². The zero-order chi connectivity index (χ0) is 21.9. The standard InChI is InChI=1S/C21H24N4O3S2/c1-14-15(2)19(12-22)21(23-16(14)3)29-13-20(26)24-17-6-8-18(9-7-17)30(27,28)25-10-4-5-11-25/h6-9H,4-5,10-11,13H2,1-3H3,(H,24,26). The van der Waals surface area contributed by atoms with E-state index in [2.05, 4.69) is 16.4 Å². The number of aryl methyl sites for hydroxylation is 1. The molecule has 1 fully saturated rings. The molecule has 0 saturated carbocycles. The smallest absolute Gasteiger partial charge is 0.243 e. The molecule has 0 spiro atoms. The number of rotatable bonds is 6. The van der Waals surface area contributed by atoms with Gasteiger partial charge in [-0.25, -0.2) is 13.4 Å². The van der Waals surface area contributed by atoms with E-state index in [9.17, 15) is 18.5 Å². The Kier molecular flexibility index (Phi) is 6.81. The van der Waals surface area contributed by atoms with E-state index in [-0.39, 0.29) is 16.6 Å². The van der Waals surface area contributed by atoms with E-state index in [4.69, 9.17) is 0 Å². The van der Waals surface area contributed by atoms with E-state index in [1.54, 1.807) is 12.1 Å². The first kappa shape index (κ1) is 22.3. The molecule has 3 rings (SSSR count). The number of nitrogens with one attached hydrogen (secondary N) is 1. The van der Waals surface area contributed by atoms with Gasteiger partial charge in [-0.1, -0.05) is 11.8 Å². The molecule has 1 aliphatic heterocycles. The third-order valence-electron chi connectivity index (χ3n) is 5.26. The number of hydrogen-bond acceptors (Lipinski definition) is 6. The minimum atomic E-state index is -3.47. The average Bonchev–Trinajstić information content (AvgIpc) is 3.27. The van der Waals surface area contributed by atoms with Crippen LogP contribution in [0.25, 0.3) is 0 Å². The number of pyridine rings is 1. The molecule has 0 bridgehead atoms. The molecular formula is C21H24N4O3S2. The summed E-state index contributed by atoms with van der Waals surface area (Å²) in [4.78, 5) is 17.0. The quantitative estimate of drug-likeness (QED) is 0.685. The highest BCUT2D eigenvalue weighted by atomic mass is 32.2. The predicted molar refractivity (Wildman–Crippen MR) is 117 cm³/mol. The van der Waals surface area contributed by atoms with Gasteiger partial charge in [0.25, 0.3) is 0 Å². The topological polar surface area (TPSA) is 103 Å². The summed E-state index contributed by atoms with van der Waals surface area (Å²) in [6.07, 6.45) is 1.76. The Balaban J connectivity index is 1.64. The summed E-state index contributed by atoms with van der Waals surface area (Å²) in [5, 5.41) is 12.7. The Morgan fingerprint density at radius 1 is 1.17 bits per heavy atom. The van der Waals surface area contributed by atoms with Crippen LogP contribution in [0.15, 0.2) is 34.2 Å². The van der Waals surface area contributed by atoms with Gasteiger partial charge in [0.2, 0.25) is 15.9 Å². The van der Waals surface area contributed by atoms with Gasteiger partial charge in [-0.05, 0) is 69.0 Å².